The monoisotopic (exact) mass is 240 g/mol. The van der Waals surface area contributed by atoms with Crippen LogP contribution in [0, 0.1) is 0 Å². The Bertz CT molecular complexity index is 277. The second-order valence-electron chi connectivity index (χ2n) is 7.45. The van der Waals surface area contributed by atoms with Gasteiger partial charge in [-0.3, -0.25) is 9.80 Å². The van der Waals surface area contributed by atoms with Gasteiger partial charge in [0.15, 0.2) is 0 Å². The van der Waals surface area contributed by atoms with Crippen molar-refractivity contribution in [2.75, 3.05) is 19.8 Å². The fraction of sp³-hybridized carbons (Fsp3) is 1.00. The van der Waals surface area contributed by atoms with Crippen LogP contribution in [0.3, 0.4) is 0 Å². The van der Waals surface area contributed by atoms with Crippen molar-refractivity contribution in [1.82, 2.24) is 9.80 Å². The Morgan fingerprint density at radius 1 is 1.00 bits per heavy atom. The van der Waals surface area contributed by atoms with Crippen LogP contribution in [0.1, 0.15) is 48.0 Å². The van der Waals surface area contributed by atoms with Crippen molar-refractivity contribution >= 4 is 0 Å². The first-order valence-electron chi connectivity index (χ1n) is 6.83. The zero-order valence-electron chi connectivity index (χ0n) is 12.3. The maximum absolute atomic E-state index is 6.05. The summed E-state index contributed by atoms with van der Waals surface area (Å²) < 4.78 is 6.05. The number of fused-ring (bicyclic) bond motifs is 1. The van der Waals surface area contributed by atoms with Gasteiger partial charge in [0, 0.05) is 30.2 Å². The molecule has 0 aromatic rings. The lowest BCUT2D eigenvalue weighted by Crippen LogP contribution is -2.59. The molecule has 0 aliphatic carbocycles. The average Bonchev–Trinajstić information content (AvgIpc) is 2.57. The van der Waals surface area contributed by atoms with E-state index in [0.717, 1.165) is 13.3 Å². The number of likely N-dealkylation sites (tertiary alicyclic amines) is 1. The highest BCUT2D eigenvalue weighted by Gasteiger charge is 2.44. The first kappa shape index (κ1) is 13.3. The normalized spacial score (nSPS) is 32.8. The number of hydrogen-bond donors (Lipinski definition) is 0. The van der Waals surface area contributed by atoms with Crippen molar-refractivity contribution in [3.05, 3.63) is 0 Å². The van der Waals surface area contributed by atoms with Gasteiger partial charge in [-0.15, -0.1) is 0 Å². The lowest BCUT2D eigenvalue weighted by molar-refractivity contribution is -0.126. The summed E-state index contributed by atoms with van der Waals surface area (Å²) >= 11 is 0. The molecule has 2 fully saturated rings. The summed E-state index contributed by atoms with van der Waals surface area (Å²) in [5.74, 6) is 0. The summed E-state index contributed by atoms with van der Waals surface area (Å²) in [6.07, 6.45) is 1.65. The first-order valence-corrected chi connectivity index (χ1v) is 6.83. The van der Waals surface area contributed by atoms with E-state index >= 15 is 0 Å². The second-order valence-corrected chi connectivity index (χ2v) is 7.45. The van der Waals surface area contributed by atoms with Crippen molar-refractivity contribution in [1.29, 1.82) is 0 Å². The molecule has 2 aliphatic rings. The van der Waals surface area contributed by atoms with E-state index in [9.17, 15) is 0 Å². The van der Waals surface area contributed by atoms with Crippen molar-refractivity contribution in [3.63, 3.8) is 0 Å². The van der Waals surface area contributed by atoms with E-state index in [-0.39, 0.29) is 11.1 Å². The number of ether oxygens (including phenoxy) is 1. The molecule has 2 heterocycles. The maximum atomic E-state index is 6.05. The van der Waals surface area contributed by atoms with Crippen molar-refractivity contribution in [2.45, 2.75) is 71.2 Å². The molecule has 2 unspecified atom stereocenters. The van der Waals surface area contributed by atoms with Crippen LogP contribution in [0.2, 0.25) is 0 Å². The van der Waals surface area contributed by atoms with Gasteiger partial charge in [0.2, 0.25) is 0 Å². The third-order valence-electron chi connectivity index (χ3n) is 4.15. The minimum atomic E-state index is 0.205. The molecular formula is C14H28N2O. The molecule has 0 aromatic carbocycles. The Kier molecular flexibility index (Phi) is 3.30. The van der Waals surface area contributed by atoms with E-state index in [4.69, 9.17) is 4.74 Å². The van der Waals surface area contributed by atoms with E-state index in [1.165, 1.54) is 13.0 Å². The quantitative estimate of drug-likeness (QED) is 0.646. The molecule has 2 saturated heterocycles. The fourth-order valence-corrected chi connectivity index (χ4v) is 3.00. The van der Waals surface area contributed by atoms with E-state index in [2.05, 4.69) is 51.3 Å². The highest BCUT2D eigenvalue weighted by atomic mass is 16.5. The van der Waals surface area contributed by atoms with Gasteiger partial charge in [0.05, 0.1) is 12.8 Å². The molecule has 3 heteroatoms. The molecule has 0 bridgehead atoms. The molecule has 2 aliphatic heterocycles. The van der Waals surface area contributed by atoms with Crippen LogP contribution in [0.4, 0.5) is 0 Å². The Hall–Kier alpha value is -0.120. The van der Waals surface area contributed by atoms with Crippen molar-refractivity contribution < 1.29 is 4.74 Å². The predicted octanol–water partition coefficient (Wildman–Crippen LogP) is 2.32. The van der Waals surface area contributed by atoms with Gasteiger partial charge < -0.3 is 4.74 Å². The molecule has 2 atom stereocenters. The molecular weight excluding hydrogens is 212 g/mol. The van der Waals surface area contributed by atoms with Crippen LogP contribution in [0.25, 0.3) is 0 Å². The summed E-state index contributed by atoms with van der Waals surface area (Å²) in [7, 11) is 0. The average molecular weight is 240 g/mol. The molecule has 3 nitrogen and oxygen atoms in total. The molecule has 0 aromatic heterocycles. The van der Waals surface area contributed by atoms with Gasteiger partial charge in [0.25, 0.3) is 0 Å². The Labute approximate surface area is 106 Å². The molecule has 0 saturated carbocycles. The molecule has 0 radical (unpaired) electrons. The summed E-state index contributed by atoms with van der Waals surface area (Å²) in [5, 5.41) is 0. The zero-order valence-corrected chi connectivity index (χ0v) is 12.3. The Morgan fingerprint density at radius 3 is 2.18 bits per heavy atom. The first-order chi connectivity index (χ1) is 7.69. The highest BCUT2D eigenvalue weighted by molar-refractivity contribution is 4.98. The van der Waals surface area contributed by atoms with Crippen LogP contribution in [-0.4, -0.2) is 52.8 Å². The molecule has 2 rings (SSSR count). The van der Waals surface area contributed by atoms with Gasteiger partial charge >= 0.3 is 0 Å². The van der Waals surface area contributed by atoms with E-state index in [1.54, 1.807) is 0 Å². The van der Waals surface area contributed by atoms with E-state index in [0.29, 0.717) is 12.1 Å². The third-order valence-corrected chi connectivity index (χ3v) is 4.15. The van der Waals surface area contributed by atoms with Gasteiger partial charge in [-0.25, -0.2) is 0 Å². The van der Waals surface area contributed by atoms with E-state index < -0.39 is 0 Å². The predicted molar refractivity (Wildman–Crippen MR) is 71.1 cm³/mol. The largest absolute Gasteiger partial charge is 0.361 e. The molecule has 0 spiro atoms. The van der Waals surface area contributed by atoms with Crippen LogP contribution >= 0.6 is 0 Å². The van der Waals surface area contributed by atoms with Gasteiger partial charge in [0.1, 0.15) is 0 Å². The third kappa shape index (κ3) is 2.67. The fourth-order valence-electron chi connectivity index (χ4n) is 3.00. The van der Waals surface area contributed by atoms with E-state index in [1.807, 2.05) is 0 Å². The Morgan fingerprint density at radius 2 is 1.65 bits per heavy atom. The summed E-state index contributed by atoms with van der Waals surface area (Å²) in [6.45, 7) is 16.9. The molecule has 100 valence electrons. The van der Waals surface area contributed by atoms with Gasteiger partial charge in [-0.1, -0.05) is 0 Å². The summed E-state index contributed by atoms with van der Waals surface area (Å²) in [5.41, 5.74) is 0.459. The maximum Gasteiger partial charge on any atom is 0.0999 e. The van der Waals surface area contributed by atoms with Crippen LogP contribution in [-0.2, 0) is 4.74 Å². The number of hydrogen-bond acceptors (Lipinski definition) is 3. The summed E-state index contributed by atoms with van der Waals surface area (Å²) in [4.78, 5) is 5.08. The molecule has 0 N–H and O–H groups in total. The smallest absolute Gasteiger partial charge is 0.0999 e. The highest BCUT2D eigenvalue weighted by Crippen LogP contribution is 2.33. The van der Waals surface area contributed by atoms with Gasteiger partial charge in [-0.2, -0.15) is 0 Å². The Balaban J connectivity index is 2.10. The molecule has 17 heavy (non-hydrogen) atoms. The lowest BCUT2D eigenvalue weighted by atomic mass is 10.00. The van der Waals surface area contributed by atoms with Crippen LogP contribution in [0.15, 0.2) is 0 Å². The minimum Gasteiger partial charge on any atom is -0.361 e. The number of nitrogens with zero attached hydrogens (tertiary/aromatic N) is 2. The topological polar surface area (TPSA) is 15.7 Å². The van der Waals surface area contributed by atoms with Crippen molar-refractivity contribution in [3.8, 4) is 0 Å². The zero-order chi connectivity index (χ0) is 12.8. The SMILES string of the molecule is CC(C)(C)N1COC2CCN(C(C)(C)C)C2C1. The number of rotatable bonds is 0. The standard InChI is InChI=1S/C14H28N2O/c1-13(2,3)15-9-11-12(17-10-15)7-8-16(11)14(4,5)6/h11-12H,7-10H2,1-6H3. The van der Waals surface area contributed by atoms with Gasteiger partial charge in [-0.05, 0) is 48.0 Å². The van der Waals surface area contributed by atoms with Crippen molar-refractivity contribution in [2.24, 2.45) is 0 Å². The van der Waals surface area contributed by atoms with Crippen LogP contribution < -0.4 is 0 Å². The summed E-state index contributed by atoms with van der Waals surface area (Å²) in [6, 6.07) is 0.572. The molecule has 0 amide bonds. The lowest BCUT2D eigenvalue weighted by Gasteiger charge is -2.47. The van der Waals surface area contributed by atoms with Crippen LogP contribution in [0.5, 0.6) is 0 Å². The second kappa shape index (κ2) is 4.22. The minimum absolute atomic E-state index is 0.205.